The first-order valence-electron chi connectivity index (χ1n) is 9.77. The number of carbonyl (C=O) groups is 3. The van der Waals surface area contributed by atoms with E-state index in [0.717, 1.165) is 19.3 Å². The Labute approximate surface area is 180 Å². The highest BCUT2D eigenvalue weighted by atomic mass is 16.7. The summed E-state index contributed by atoms with van der Waals surface area (Å²) < 4.78 is 4.46. The number of esters is 1. The van der Waals surface area contributed by atoms with Crippen molar-refractivity contribution in [3.8, 4) is 11.5 Å². The Morgan fingerprint density at radius 1 is 0.839 bits per heavy atom. The van der Waals surface area contributed by atoms with E-state index in [1.54, 1.807) is 17.6 Å². The number of methoxy groups -OCH3 is 1. The minimum atomic E-state index is -0.398. The molecule has 168 valence electrons. The van der Waals surface area contributed by atoms with Gasteiger partial charge in [-0.1, -0.05) is 31.0 Å². The van der Waals surface area contributed by atoms with Crippen molar-refractivity contribution in [2.45, 2.75) is 38.5 Å². The van der Waals surface area contributed by atoms with E-state index in [0.29, 0.717) is 30.6 Å². The van der Waals surface area contributed by atoms with E-state index < -0.39 is 5.97 Å². The Bertz CT molecular complexity index is 795. The highest BCUT2D eigenvalue weighted by molar-refractivity contribution is 5.89. The molecule has 0 bridgehead atoms. The van der Waals surface area contributed by atoms with Crippen LogP contribution in [0.2, 0.25) is 0 Å². The second-order valence-electron chi connectivity index (χ2n) is 6.43. The number of unbranched alkanes of at least 4 members (excludes halogenated alkanes) is 3. The SMILES string of the molecule is COC(=O)c1ccc(O)cc1.O=C(CCCCCCC(=O)NOc1ccccc1)NO. The van der Waals surface area contributed by atoms with Gasteiger partial charge in [-0.2, -0.15) is 5.48 Å². The third kappa shape index (κ3) is 11.9. The Balaban J connectivity index is 0.000000367. The summed E-state index contributed by atoms with van der Waals surface area (Å²) in [5.41, 5.74) is 4.40. The van der Waals surface area contributed by atoms with Gasteiger partial charge >= 0.3 is 5.97 Å². The fraction of sp³-hybridized carbons (Fsp3) is 0.318. The molecule has 9 nitrogen and oxygen atoms in total. The van der Waals surface area contributed by atoms with Crippen LogP contribution in [0, 0.1) is 0 Å². The van der Waals surface area contributed by atoms with Gasteiger partial charge in [0.1, 0.15) is 5.75 Å². The Morgan fingerprint density at radius 3 is 1.97 bits per heavy atom. The summed E-state index contributed by atoms with van der Waals surface area (Å²) in [7, 11) is 1.31. The maximum Gasteiger partial charge on any atom is 0.337 e. The summed E-state index contributed by atoms with van der Waals surface area (Å²) in [5, 5.41) is 17.2. The number of hydrogen-bond acceptors (Lipinski definition) is 7. The number of rotatable bonds is 10. The number of amides is 2. The Morgan fingerprint density at radius 2 is 1.42 bits per heavy atom. The van der Waals surface area contributed by atoms with Crippen molar-refractivity contribution in [3.05, 3.63) is 60.2 Å². The zero-order valence-corrected chi connectivity index (χ0v) is 17.4. The third-order valence-electron chi connectivity index (χ3n) is 4.00. The van der Waals surface area contributed by atoms with E-state index in [4.69, 9.17) is 15.2 Å². The van der Waals surface area contributed by atoms with Crippen molar-refractivity contribution in [1.29, 1.82) is 0 Å². The van der Waals surface area contributed by atoms with Gasteiger partial charge in [-0.25, -0.2) is 10.3 Å². The van der Waals surface area contributed by atoms with E-state index >= 15 is 0 Å². The number of nitrogens with one attached hydrogen (secondary N) is 2. The fourth-order valence-corrected chi connectivity index (χ4v) is 2.35. The van der Waals surface area contributed by atoms with Gasteiger partial charge < -0.3 is 14.7 Å². The van der Waals surface area contributed by atoms with Crippen LogP contribution in [0.25, 0.3) is 0 Å². The highest BCUT2D eigenvalue weighted by Gasteiger charge is 2.04. The summed E-state index contributed by atoms with van der Waals surface area (Å²) >= 11 is 0. The van der Waals surface area contributed by atoms with Crippen molar-refractivity contribution >= 4 is 17.8 Å². The number of hydroxylamine groups is 2. The quantitative estimate of drug-likeness (QED) is 0.196. The van der Waals surface area contributed by atoms with Crippen LogP contribution < -0.4 is 15.8 Å². The lowest BCUT2D eigenvalue weighted by atomic mass is 10.1. The molecule has 2 amide bonds. The maximum absolute atomic E-state index is 11.5. The van der Waals surface area contributed by atoms with Gasteiger partial charge in [-0.3, -0.25) is 14.8 Å². The third-order valence-corrected chi connectivity index (χ3v) is 4.00. The molecule has 0 unspecified atom stereocenters. The average Bonchev–Trinajstić information content (AvgIpc) is 2.80. The van der Waals surface area contributed by atoms with Gasteiger partial charge in [0.2, 0.25) is 5.91 Å². The standard InChI is InChI=1S/C14H20N2O4.C8H8O3/c17-13(15-19)10-6-1-2-7-11-14(18)16-20-12-8-4-3-5-9-12;1-11-8(10)6-2-4-7(9)5-3-6/h3-5,8-9,19H,1-2,6-7,10-11H2,(H,15,17)(H,16,18);2-5,9H,1H3. The number of ether oxygens (including phenoxy) is 1. The van der Waals surface area contributed by atoms with Gasteiger partial charge in [-0.15, -0.1) is 0 Å². The van der Waals surface area contributed by atoms with Crippen molar-refractivity contribution < 1.29 is 34.3 Å². The molecule has 0 saturated heterocycles. The van der Waals surface area contributed by atoms with E-state index in [1.165, 1.54) is 31.4 Å². The molecule has 0 aliphatic carbocycles. The molecule has 0 aromatic heterocycles. The molecule has 4 N–H and O–H groups in total. The summed E-state index contributed by atoms with van der Waals surface area (Å²) in [6, 6.07) is 14.9. The smallest absolute Gasteiger partial charge is 0.337 e. The van der Waals surface area contributed by atoms with Gasteiger partial charge in [0.15, 0.2) is 5.75 Å². The lowest BCUT2D eigenvalue weighted by Gasteiger charge is -2.06. The van der Waals surface area contributed by atoms with Gasteiger partial charge in [-0.05, 0) is 49.2 Å². The second-order valence-corrected chi connectivity index (χ2v) is 6.43. The number of phenolic OH excluding ortho intramolecular Hbond substituents is 1. The van der Waals surface area contributed by atoms with Crippen LogP contribution in [-0.2, 0) is 14.3 Å². The molecular weight excluding hydrogens is 404 g/mol. The highest BCUT2D eigenvalue weighted by Crippen LogP contribution is 2.10. The second kappa shape index (κ2) is 15.3. The largest absolute Gasteiger partial charge is 0.508 e. The molecule has 0 saturated carbocycles. The lowest BCUT2D eigenvalue weighted by molar-refractivity contribution is -0.129. The molecule has 0 aliphatic rings. The molecule has 0 heterocycles. The van der Waals surface area contributed by atoms with Gasteiger partial charge in [0, 0.05) is 12.8 Å². The lowest BCUT2D eigenvalue weighted by Crippen LogP contribution is -2.26. The number of aromatic hydroxyl groups is 1. The first kappa shape index (κ1) is 25.4. The minimum absolute atomic E-state index is 0.137. The van der Waals surface area contributed by atoms with Crippen LogP contribution in [-0.4, -0.2) is 35.2 Å². The molecule has 0 aliphatic heterocycles. The summed E-state index contributed by atoms with van der Waals surface area (Å²) in [5.74, 6) is -0.209. The van der Waals surface area contributed by atoms with Crippen LogP contribution in [0.1, 0.15) is 48.9 Å². The molecule has 2 aromatic carbocycles. The van der Waals surface area contributed by atoms with Crippen LogP contribution in [0.4, 0.5) is 0 Å². The first-order chi connectivity index (χ1) is 15.0. The van der Waals surface area contributed by atoms with Crippen molar-refractivity contribution in [3.63, 3.8) is 0 Å². The van der Waals surface area contributed by atoms with E-state index in [-0.39, 0.29) is 17.6 Å². The van der Waals surface area contributed by atoms with Crippen molar-refractivity contribution in [2.24, 2.45) is 0 Å². The predicted molar refractivity (Wildman–Crippen MR) is 112 cm³/mol. The van der Waals surface area contributed by atoms with Gasteiger partial charge in [0.25, 0.3) is 5.91 Å². The van der Waals surface area contributed by atoms with E-state index in [1.807, 2.05) is 18.2 Å². The molecular formula is C22H28N2O7. The summed E-state index contributed by atoms with van der Waals surface area (Å²) in [4.78, 5) is 38.1. The number of carbonyl (C=O) groups excluding carboxylic acids is 3. The zero-order chi connectivity index (χ0) is 22.9. The number of hydrogen-bond donors (Lipinski definition) is 4. The minimum Gasteiger partial charge on any atom is -0.508 e. The van der Waals surface area contributed by atoms with E-state index in [2.05, 4.69) is 10.2 Å². The first-order valence-corrected chi connectivity index (χ1v) is 9.77. The Kier molecular flexibility index (Phi) is 12.5. The normalized spacial score (nSPS) is 9.61. The summed E-state index contributed by atoms with van der Waals surface area (Å²) in [6.45, 7) is 0. The van der Waals surface area contributed by atoms with Crippen LogP contribution >= 0.6 is 0 Å². The van der Waals surface area contributed by atoms with Crippen LogP contribution in [0.3, 0.4) is 0 Å². The topological polar surface area (TPSA) is 134 Å². The number of benzene rings is 2. The fourth-order valence-electron chi connectivity index (χ4n) is 2.35. The molecule has 0 atom stereocenters. The van der Waals surface area contributed by atoms with Crippen LogP contribution in [0.5, 0.6) is 11.5 Å². The molecule has 0 fully saturated rings. The monoisotopic (exact) mass is 432 g/mol. The predicted octanol–water partition coefficient (Wildman–Crippen LogP) is 3.12. The molecule has 2 rings (SSSR count). The number of phenols is 1. The Hall–Kier alpha value is -3.59. The molecule has 31 heavy (non-hydrogen) atoms. The van der Waals surface area contributed by atoms with E-state index in [9.17, 15) is 14.4 Å². The van der Waals surface area contributed by atoms with Crippen molar-refractivity contribution in [2.75, 3.05) is 7.11 Å². The molecule has 2 aromatic rings. The summed E-state index contributed by atoms with van der Waals surface area (Å²) in [6.07, 6.45) is 3.84. The van der Waals surface area contributed by atoms with Gasteiger partial charge in [0.05, 0.1) is 12.7 Å². The number of para-hydroxylation sites is 1. The average molecular weight is 432 g/mol. The maximum atomic E-state index is 11.5. The molecule has 9 heteroatoms. The van der Waals surface area contributed by atoms with Crippen LogP contribution in [0.15, 0.2) is 54.6 Å². The molecule has 0 radical (unpaired) electrons. The van der Waals surface area contributed by atoms with Crippen molar-refractivity contribution in [1.82, 2.24) is 11.0 Å². The zero-order valence-electron chi connectivity index (χ0n) is 17.4. The molecule has 0 spiro atoms.